The number of carbonyl (C=O) groups is 2. The van der Waals surface area contributed by atoms with Gasteiger partial charge in [0.2, 0.25) is 0 Å². The fourth-order valence-electron chi connectivity index (χ4n) is 3.23. The van der Waals surface area contributed by atoms with Crippen LogP contribution in [0.2, 0.25) is 0 Å². The average molecular weight is 303 g/mol. The Balaban J connectivity index is 1.57. The van der Waals surface area contributed by atoms with Crippen LogP contribution < -0.4 is 5.32 Å². The van der Waals surface area contributed by atoms with E-state index in [1.165, 1.54) is 12.8 Å². The summed E-state index contributed by atoms with van der Waals surface area (Å²) >= 11 is 0. The fourth-order valence-corrected chi connectivity index (χ4v) is 3.23. The van der Waals surface area contributed by atoms with Gasteiger partial charge < -0.3 is 15.2 Å². The van der Waals surface area contributed by atoms with Crippen molar-refractivity contribution in [3.63, 3.8) is 0 Å². The number of hydrogen-bond donors (Lipinski definition) is 2. The summed E-state index contributed by atoms with van der Waals surface area (Å²) in [5.41, 5.74) is 0.0820. The molecule has 2 aliphatic carbocycles. The maximum absolute atomic E-state index is 12.0. The van der Waals surface area contributed by atoms with Gasteiger partial charge in [-0.05, 0) is 49.5 Å². The summed E-state index contributed by atoms with van der Waals surface area (Å²) in [5, 5.41) is 12.2. The molecule has 5 nitrogen and oxygen atoms in total. The second kappa shape index (κ2) is 5.63. The molecule has 0 aliphatic heterocycles. The largest absolute Gasteiger partial charge is 0.480 e. The average Bonchev–Trinajstić information content (AvgIpc) is 3.28. The fraction of sp³-hybridized carbons (Fsp3) is 0.529. The summed E-state index contributed by atoms with van der Waals surface area (Å²) in [7, 11) is 0. The van der Waals surface area contributed by atoms with Crippen LogP contribution in [0, 0.1) is 5.41 Å². The van der Waals surface area contributed by atoms with Gasteiger partial charge in [0.25, 0.3) is 0 Å². The van der Waals surface area contributed by atoms with Crippen molar-refractivity contribution in [2.75, 3.05) is 0 Å². The summed E-state index contributed by atoms with van der Waals surface area (Å²) in [6.07, 6.45) is 4.46. The summed E-state index contributed by atoms with van der Waals surface area (Å²) in [5.74, 6) is -0.959. The van der Waals surface area contributed by atoms with Crippen molar-refractivity contribution in [2.24, 2.45) is 5.41 Å². The molecule has 5 heteroatoms. The van der Waals surface area contributed by atoms with Crippen LogP contribution in [0.15, 0.2) is 30.3 Å². The molecule has 1 amide bonds. The molecule has 118 valence electrons. The number of carbonyl (C=O) groups excluding carboxylic acids is 1. The lowest BCUT2D eigenvalue weighted by molar-refractivity contribution is -0.146. The molecule has 22 heavy (non-hydrogen) atoms. The predicted molar refractivity (Wildman–Crippen MR) is 80.3 cm³/mol. The predicted octanol–water partition coefficient (Wildman–Crippen LogP) is 3.09. The van der Waals surface area contributed by atoms with E-state index in [1.807, 2.05) is 30.3 Å². The number of carboxylic acids is 1. The Morgan fingerprint density at radius 1 is 1.05 bits per heavy atom. The van der Waals surface area contributed by atoms with Crippen LogP contribution in [0.3, 0.4) is 0 Å². The number of ether oxygens (including phenoxy) is 1. The van der Waals surface area contributed by atoms with E-state index in [1.54, 1.807) is 0 Å². The van der Waals surface area contributed by atoms with E-state index < -0.39 is 17.6 Å². The molecule has 3 rings (SSSR count). The molecule has 0 aromatic heterocycles. The molecule has 1 aromatic carbocycles. The minimum atomic E-state index is -1.17. The van der Waals surface area contributed by atoms with Gasteiger partial charge in [-0.25, -0.2) is 9.59 Å². The molecular weight excluding hydrogens is 282 g/mol. The number of amides is 1. The van der Waals surface area contributed by atoms with Crippen molar-refractivity contribution >= 4 is 12.1 Å². The van der Waals surface area contributed by atoms with Crippen molar-refractivity contribution in [3.8, 4) is 0 Å². The molecular formula is C17H21NO4. The molecule has 0 radical (unpaired) electrons. The Hall–Kier alpha value is -2.04. The van der Waals surface area contributed by atoms with Gasteiger partial charge in [0.15, 0.2) is 0 Å². The molecule has 1 spiro atoms. The van der Waals surface area contributed by atoms with Crippen LogP contribution in [0.1, 0.15) is 44.1 Å². The highest BCUT2D eigenvalue weighted by Crippen LogP contribution is 2.57. The van der Waals surface area contributed by atoms with Gasteiger partial charge in [-0.1, -0.05) is 30.3 Å². The Bertz CT molecular complexity index is 555. The molecule has 0 saturated heterocycles. The Morgan fingerprint density at radius 3 is 2.18 bits per heavy atom. The lowest BCUT2D eigenvalue weighted by atomic mass is 9.74. The minimum Gasteiger partial charge on any atom is -0.480 e. The third kappa shape index (κ3) is 3.08. The van der Waals surface area contributed by atoms with Crippen LogP contribution in [-0.2, 0) is 16.1 Å². The van der Waals surface area contributed by atoms with Crippen LogP contribution in [0.4, 0.5) is 4.79 Å². The zero-order valence-corrected chi connectivity index (χ0v) is 12.5. The molecule has 2 aliphatic rings. The van der Waals surface area contributed by atoms with E-state index in [9.17, 15) is 14.7 Å². The van der Waals surface area contributed by atoms with Crippen molar-refractivity contribution in [1.82, 2.24) is 5.32 Å². The highest BCUT2D eigenvalue weighted by atomic mass is 16.5. The number of carboxylic acid groups (broad SMARTS) is 1. The molecule has 2 N–H and O–H groups in total. The molecule has 2 fully saturated rings. The minimum absolute atomic E-state index is 0.145. The lowest BCUT2D eigenvalue weighted by Crippen LogP contribution is -2.56. The van der Waals surface area contributed by atoms with Gasteiger partial charge in [0.1, 0.15) is 12.1 Å². The Kier molecular flexibility index (Phi) is 3.81. The van der Waals surface area contributed by atoms with E-state index in [0.29, 0.717) is 18.3 Å². The zero-order valence-electron chi connectivity index (χ0n) is 12.5. The van der Waals surface area contributed by atoms with Gasteiger partial charge in [-0.3, -0.25) is 0 Å². The number of aliphatic carboxylic acids is 1. The Morgan fingerprint density at radius 2 is 1.64 bits per heavy atom. The highest BCUT2D eigenvalue weighted by Gasteiger charge is 2.53. The van der Waals surface area contributed by atoms with Gasteiger partial charge in [0, 0.05) is 0 Å². The van der Waals surface area contributed by atoms with Crippen LogP contribution in [-0.4, -0.2) is 22.7 Å². The molecule has 2 saturated carbocycles. The van der Waals surface area contributed by atoms with Crippen LogP contribution in [0.25, 0.3) is 0 Å². The standard InChI is InChI=1S/C17H21NO4/c19-14(20)17(10-8-16(6-7-16)9-11-17)18-15(21)22-12-13-4-2-1-3-5-13/h1-5H,6-12H2,(H,18,21)(H,19,20). The first-order chi connectivity index (χ1) is 10.5. The number of rotatable bonds is 4. The zero-order chi connectivity index (χ0) is 15.6. The van der Waals surface area contributed by atoms with Crippen LogP contribution >= 0.6 is 0 Å². The quantitative estimate of drug-likeness (QED) is 0.896. The van der Waals surface area contributed by atoms with Crippen molar-refractivity contribution < 1.29 is 19.4 Å². The monoisotopic (exact) mass is 303 g/mol. The first-order valence-electron chi connectivity index (χ1n) is 7.76. The van der Waals surface area contributed by atoms with E-state index in [4.69, 9.17) is 4.74 Å². The Labute approximate surface area is 129 Å². The van der Waals surface area contributed by atoms with Crippen molar-refractivity contribution in [2.45, 2.75) is 50.7 Å². The van der Waals surface area contributed by atoms with Crippen molar-refractivity contribution in [1.29, 1.82) is 0 Å². The van der Waals surface area contributed by atoms with Crippen LogP contribution in [0.5, 0.6) is 0 Å². The van der Waals surface area contributed by atoms with Crippen molar-refractivity contribution in [3.05, 3.63) is 35.9 Å². The number of alkyl carbamates (subject to hydrolysis) is 1. The third-order valence-corrected chi connectivity index (χ3v) is 5.08. The summed E-state index contributed by atoms with van der Waals surface area (Å²) in [4.78, 5) is 23.6. The lowest BCUT2D eigenvalue weighted by Gasteiger charge is -2.37. The second-order valence-corrected chi connectivity index (χ2v) is 6.57. The maximum atomic E-state index is 12.0. The molecule has 0 heterocycles. The first kappa shape index (κ1) is 14.9. The smallest absolute Gasteiger partial charge is 0.408 e. The number of benzene rings is 1. The summed E-state index contributed by atoms with van der Waals surface area (Å²) in [6.45, 7) is 0.145. The normalized spacial score (nSPS) is 21.1. The van der Waals surface area contributed by atoms with Gasteiger partial charge in [0.05, 0.1) is 0 Å². The van der Waals surface area contributed by atoms with Gasteiger partial charge in [-0.2, -0.15) is 0 Å². The molecule has 0 bridgehead atoms. The SMILES string of the molecule is O=C(NC1(C(=O)O)CCC2(CC2)CC1)OCc1ccccc1. The van der Waals surface area contributed by atoms with E-state index in [2.05, 4.69) is 5.32 Å². The molecule has 1 aromatic rings. The number of nitrogens with one attached hydrogen (secondary N) is 1. The van der Waals surface area contributed by atoms with E-state index >= 15 is 0 Å². The van der Waals surface area contributed by atoms with E-state index in [0.717, 1.165) is 18.4 Å². The topological polar surface area (TPSA) is 75.6 Å². The molecule has 0 atom stereocenters. The third-order valence-electron chi connectivity index (χ3n) is 5.08. The van der Waals surface area contributed by atoms with Gasteiger partial charge >= 0.3 is 12.1 Å². The van der Waals surface area contributed by atoms with Gasteiger partial charge in [-0.15, -0.1) is 0 Å². The summed E-state index contributed by atoms with van der Waals surface area (Å²) < 4.78 is 5.16. The second-order valence-electron chi connectivity index (χ2n) is 6.57. The van der Waals surface area contributed by atoms with E-state index in [-0.39, 0.29) is 6.61 Å². The first-order valence-corrected chi connectivity index (χ1v) is 7.76. The number of hydrogen-bond acceptors (Lipinski definition) is 3. The highest BCUT2D eigenvalue weighted by molar-refractivity contribution is 5.84. The summed E-state index contributed by atoms with van der Waals surface area (Å²) in [6, 6.07) is 9.34. The molecule has 0 unspecified atom stereocenters. The maximum Gasteiger partial charge on any atom is 0.408 e.